The molecular weight excluding hydrogens is 402 g/mol. The van der Waals surface area contributed by atoms with Crippen LogP contribution in [-0.2, 0) is 11.3 Å². The van der Waals surface area contributed by atoms with Crippen LogP contribution >= 0.6 is 11.8 Å². The van der Waals surface area contributed by atoms with Gasteiger partial charge in [-0.1, -0.05) is 23.9 Å². The fraction of sp³-hybridized carbons (Fsp3) is 0.524. The van der Waals surface area contributed by atoms with Gasteiger partial charge in [0.05, 0.1) is 23.8 Å². The quantitative estimate of drug-likeness (QED) is 0.496. The molecule has 2 saturated heterocycles. The molecule has 3 aliphatic rings. The van der Waals surface area contributed by atoms with E-state index < -0.39 is 0 Å². The minimum atomic E-state index is -0.213. The Morgan fingerprint density at radius 3 is 2.43 bits per heavy atom. The number of fused-ring (bicyclic) bond motifs is 1. The highest BCUT2D eigenvalue weighted by Gasteiger charge is 2.35. The maximum absolute atomic E-state index is 12.6. The molecule has 0 radical (unpaired) electrons. The van der Waals surface area contributed by atoms with Crippen molar-refractivity contribution in [1.82, 2.24) is 19.7 Å². The van der Waals surface area contributed by atoms with Gasteiger partial charge < -0.3 is 9.64 Å². The Morgan fingerprint density at radius 1 is 1.03 bits per heavy atom. The van der Waals surface area contributed by atoms with Crippen LogP contribution in [0.25, 0.3) is 0 Å². The van der Waals surface area contributed by atoms with Crippen LogP contribution < -0.4 is 4.90 Å². The SMILES string of the molecule is O=C1c2ccccc2C(=O)N1CCSc1nnc(N2CCCC2)n1C[C@@H]1CCCO1. The maximum atomic E-state index is 12.6. The second kappa shape index (κ2) is 8.39. The number of hydrogen-bond donors (Lipinski definition) is 0. The topological polar surface area (TPSA) is 80.6 Å². The number of imide groups is 1. The van der Waals surface area contributed by atoms with Gasteiger partial charge in [0.2, 0.25) is 5.95 Å². The Hall–Kier alpha value is -2.39. The Kier molecular flexibility index (Phi) is 5.47. The Labute approximate surface area is 179 Å². The first kappa shape index (κ1) is 19.6. The summed E-state index contributed by atoms with van der Waals surface area (Å²) in [7, 11) is 0. The van der Waals surface area contributed by atoms with E-state index in [1.807, 2.05) is 0 Å². The van der Waals surface area contributed by atoms with Crippen molar-refractivity contribution in [3.05, 3.63) is 35.4 Å². The van der Waals surface area contributed by atoms with E-state index >= 15 is 0 Å². The first-order valence-corrected chi connectivity index (χ1v) is 11.6. The lowest BCUT2D eigenvalue weighted by Crippen LogP contribution is -2.32. The molecule has 8 nitrogen and oxygen atoms in total. The van der Waals surface area contributed by atoms with E-state index in [0.717, 1.165) is 50.2 Å². The smallest absolute Gasteiger partial charge is 0.261 e. The van der Waals surface area contributed by atoms with Crippen molar-refractivity contribution in [3.63, 3.8) is 0 Å². The van der Waals surface area contributed by atoms with Gasteiger partial charge in [-0.3, -0.25) is 19.1 Å². The van der Waals surface area contributed by atoms with Crippen molar-refractivity contribution in [2.75, 3.05) is 36.9 Å². The van der Waals surface area contributed by atoms with Crippen molar-refractivity contribution in [1.29, 1.82) is 0 Å². The molecule has 4 heterocycles. The molecule has 0 saturated carbocycles. The van der Waals surface area contributed by atoms with Gasteiger partial charge in [0.15, 0.2) is 5.16 Å². The first-order chi connectivity index (χ1) is 14.7. The first-order valence-electron chi connectivity index (χ1n) is 10.6. The van der Waals surface area contributed by atoms with Gasteiger partial charge in [0.1, 0.15) is 0 Å². The van der Waals surface area contributed by atoms with E-state index in [4.69, 9.17) is 4.74 Å². The molecule has 0 aliphatic carbocycles. The molecular formula is C21H25N5O3S. The number of carbonyl (C=O) groups excluding carboxylic acids is 2. The molecule has 0 unspecified atom stereocenters. The predicted octanol–water partition coefficient (Wildman–Crippen LogP) is 2.45. The van der Waals surface area contributed by atoms with Gasteiger partial charge in [0.25, 0.3) is 11.8 Å². The second-order valence-corrected chi connectivity index (χ2v) is 8.94. The average Bonchev–Trinajstić information content (AvgIpc) is 3.55. The highest BCUT2D eigenvalue weighted by atomic mass is 32.2. The Morgan fingerprint density at radius 2 is 1.77 bits per heavy atom. The lowest BCUT2D eigenvalue weighted by atomic mass is 10.1. The Balaban J connectivity index is 1.28. The number of amides is 2. The van der Waals surface area contributed by atoms with Crippen molar-refractivity contribution in [3.8, 4) is 0 Å². The van der Waals surface area contributed by atoms with Crippen LogP contribution in [0, 0.1) is 0 Å². The standard InChI is InChI=1S/C21H25N5O3S/c27-18-16-7-1-2-8-17(16)19(28)25(18)11-13-30-21-23-22-20(24-9-3-4-10-24)26(21)14-15-6-5-12-29-15/h1-2,7-8,15H,3-6,9-14H2/t15-/m0/s1. The van der Waals surface area contributed by atoms with Crippen LogP contribution in [0.4, 0.5) is 5.95 Å². The summed E-state index contributed by atoms with van der Waals surface area (Å²) in [5, 5.41) is 9.73. The van der Waals surface area contributed by atoms with Gasteiger partial charge in [-0.15, -0.1) is 10.2 Å². The molecule has 1 aromatic heterocycles. The lowest BCUT2D eigenvalue weighted by molar-refractivity contribution is 0.0664. The van der Waals surface area contributed by atoms with Crippen LogP contribution in [0.1, 0.15) is 46.4 Å². The normalized spacial score (nSPS) is 21.1. The second-order valence-electron chi connectivity index (χ2n) is 7.88. The van der Waals surface area contributed by atoms with Gasteiger partial charge >= 0.3 is 0 Å². The zero-order valence-electron chi connectivity index (χ0n) is 16.8. The van der Waals surface area contributed by atoms with Gasteiger partial charge in [0, 0.05) is 32.0 Å². The summed E-state index contributed by atoms with van der Waals surface area (Å²) in [6, 6.07) is 7.00. The number of nitrogens with zero attached hydrogens (tertiary/aromatic N) is 5. The zero-order chi connectivity index (χ0) is 20.5. The third kappa shape index (κ3) is 3.60. The lowest BCUT2D eigenvalue weighted by Gasteiger charge is -2.20. The van der Waals surface area contributed by atoms with E-state index in [1.54, 1.807) is 36.0 Å². The molecule has 5 rings (SSSR count). The molecule has 158 valence electrons. The molecule has 0 spiro atoms. The monoisotopic (exact) mass is 427 g/mol. The van der Waals surface area contributed by atoms with E-state index in [1.165, 1.54) is 17.7 Å². The molecule has 2 amide bonds. The number of benzene rings is 1. The highest BCUT2D eigenvalue weighted by Crippen LogP contribution is 2.28. The van der Waals surface area contributed by atoms with Crippen LogP contribution in [0.15, 0.2) is 29.4 Å². The van der Waals surface area contributed by atoms with E-state index in [2.05, 4.69) is 19.7 Å². The van der Waals surface area contributed by atoms with Gasteiger partial charge in [-0.25, -0.2) is 0 Å². The third-order valence-corrected chi connectivity index (χ3v) is 6.87. The number of ether oxygens (including phenoxy) is 1. The molecule has 30 heavy (non-hydrogen) atoms. The number of thioether (sulfide) groups is 1. The fourth-order valence-corrected chi connectivity index (χ4v) is 5.23. The summed E-state index contributed by atoms with van der Waals surface area (Å²) in [5.74, 6) is 1.06. The predicted molar refractivity (Wildman–Crippen MR) is 113 cm³/mol. The summed E-state index contributed by atoms with van der Waals surface area (Å²) in [4.78, 5) is 28.7. The van der Waals surface area contributed by atoms with E-state index in [0.29, 0.717) is 23.4 Å². The van der Waals surface area contributed by atoms with Crippen LogP contribution in [-0.4, -0.2) is 69.6 Å². The summed E-state index contributed by atoms with van der Waals surface area (Å²) in [5.41, 5.74) is 0.982. The minimum absolute atomic E-state index is 0.193. The zero-order valence-corrected chi connectivity index (χ0v) is 17.6. The molecule has 1 atom stereocenters. The fourth-order valence-electron chi connectivity index (χ4n) is 4.36. The van der Waals surface area contributed by atoms with Crippen molar-refractivity contribution >= 4 is 29.5 Å². The van der Waals surface area contributed by atoms with Crippen LogP contribution in [0.3, 0.4) is 0 Å². The van der Waals surface area contributed by atoms with Crippen molar-refractivity contribution in [2.24, 2.45) is 0 Å². The number of hydrogen-bond acceptors (Lipinski definition) is 7. The molecule has 0 N–H and O–H groups in total. The average molecular weight is 428 g/mol. The minimum Gasteiger partial charge on any atom is -0.376 e. The highest BCUT2D eigenvalue weighted by molar-refractivity contribution is 7.99. The third-order valence-electron chi connectivity index (χ3n) is 5.92. The van der Waals surface area contributed by atoms with Crippen LogP contribution in [0.5, 0.6) is 0 Å². The van der Waals surface area contributed by atoms with Gasteiger partial charge in [-0.2, -0.15) is 0 Å². The molecule has 0 bridgehead atoms. The molecule has 3 aliphatic heterocycles. The largest absolute Gasteiger partial charge is 0.376 e. The molecule has 9 heteroatoms. The molecule has 1 aromatic carbocycles. The van der Waals surface area contributed by atoms with Crippen LogP contribution in [0.2, 0.25) is 0 Å². The van der Waals surface area contributed by atoms with E-state index in [9.17, 15) is 9.59 Å². The number of aromatic nitrogens is 3. The number of anilines is 1. The summed E-state index contributed by atoms with van der Waals surface area (Å²) in [6.45, 7) is 3.91. The van der Waals surface area contributed by atoms with Gasteiger partial charge in [-0.05, 0) is 37.8 Å². The summed E-state index contributed by atoms with van der Waals surface area (Å²) in [6.07, 6.45) is 4.69. The summed E-state index contributed by atoms with van der Waals surface area (Å²) < 4.78 is 8.01. The van der Waals surface area contributed by atoms with Crippen molar-refractivity contribution in [2.45, 2.75) is 43.5 Å². The number of carbonyl (C=O) groups is 2. The van der Waals surface area contributed by atoms with E-state index in [-0.39, 0.29) is 17.9 Å². The summed E-state index contributed by atoms with van der Waals surface area (Å²) >= 11 is 1.54. The molecule has 2 fully saturated rings. The van der Waals surface area contributed by atoms with Crippen molar-refractivity contribution < 1.29 is 14.3 Å². The maximum Gasteiger partial charge on any atom is 0.261 e. The molecule has 2 aromatic rings. The number of rotatable bonds is 7. The Bertz CT molecular complexity index is 915.